The van der Waals surface area contributed by atoms with Crippen LogP contribution in [-0.2, 0) is 15.0 Å². The van der Waals surface area contributed by atoms with E-state index in [2.05, 4.69) is 31.0 Å². The van der Waals surface area contributed by atoms with Gasteiger partial charge in [-0.1, -0.05) is 105 Å². The Balaban J connectivity index is 1.62. The quantitative estimate of drug-likeness (QED) is 0.234. The molecule has 0 bridgehead atoms. The van der Waals surface area contributed by atoms with E-state index in [1.165, 1.54) is 35.5 Å². The summed E-state index contributed by atoms with van der Waals surface area (Å²) in [5.74, 6) is -1.24. The topological polar surface area (TPSA) is 83.4 Å². The summed E-state index contributed by atoms with van der Waals surface area (Å²) in [4.78, 5) is 28.3. The lowest BCUT2D eigenvalue weighted by atomic mass is 9.85. The third kappa shape index (κ3) is 4.85. The van der Waals surface area contributed by atoms with E-state index >= 15 is 0 Å². The van der Waals surface area contributed by atoms with E-state index in [-0.39, 0.29) is 16.7 Å². The molecule has 1 unspecified atom stereocenters. The van der Waals surface area contributed by atoms with Gasteiger partial charge >= 0.3 is 5.91 Å². The Labute approximate surface area is 222 Å². The number of nitrogens with zero attached hydrogens (tertiary/aromatic N) is 3. The Morgan fingerprint density at radius 1 is 0.946 bits per heavy atom. The molecule has 1 aromatic heterocycles. The average Bonchev–Trinajstić information content (AvgIpc) is 3.47. The van der Waals surface area contributed by atoms with Crippen LogP contribution in [0.4, 0.5) is 5.13 Å². The standard InChI is InChI=1S/C30H33N3O3S/c1-18-10-12-20(13-11-18)25(34)23-24(19-14-16-22(17-15-19)30(2,3)4)33(28(36)26(23)35)29-32-31-27(37-29)21-8-6-5-7-9-21/h10-17,21,24,34H,5-9H2,1-4H3/b25-23+. The second-order valence-corrected chi connectivity index (χ2v) is 12.2. The maximum Gasteiger partial charge on any atom is 0.301 e. The highest BCUT2D eigenvalue weighted by molar-refractivity contribution is 7.15. The van der Waals surface area contributed by atoms with Crippen molar-refractivity contribution in [2.24, 2.45) is 0 Å². The number of Topliss-reactive ketones (excluding diaryl/α,β-unsaturated/α-hetero) is 1. The zero-order chi connectivity index (χ0) is 26.3. The minimum Gasteiger partial charge on any atom is -0.507 e. The predicted molar refractivity (Wildman–Crippen MR) is 147 cm³/mol. The lowest BCUT2D eigenvalue weighted by molar-refractivity contribution is -0.132. The Kier molecular flexibility index (Phi) is 6.75. The number of rotatable bonds is 4. The fourth-order valence-corrected chi connectivity index (χ4v) is 6.26. The number of benzene rings is 2. The van der Waals surface area contributed by atoms with Crippen molar-refractivity contribution in [1.82, 2.24) is 10.2 Å². The Morgan fingerprint density at radius 2 is 1.59 bits per heavy atom. The van der Waals surface area contributed by atoms with Crippen LogP contribution in [0.2, 0.25) is 0 Å². The summed E-state index contributed by atoms with van der Waals surface area (Å²) in [7, 11) is 0. The minimum atomic E-state index is -0.789. The number of aliphatic hydroxyl groups is 1. The van der Waals surface area contributed by atoms with Gasteiger partial charge in [-0.25, -0.2) is 0 Å². The molecule has 37 heavy (non-hydrogen) atoms. The highest BCUT2D eigenvalue weighted by Gasteiger charge is 2.48. The molecule has 1 N–H and O–H groups in total. The van der Waals surface area contributed by atoms with Crippen LogP contribution in [0.15, 0.2) is 54.1 Å². The van der Waals surface area contributed by atoms with E-state index < -0.39 is 17.7 Å². The zero-order valence-electron chi connectivity index (χ0n) is 21.8. The van der Waals surface area contributed by atoms with Gasteiger partial charge in [0, 0.05) is 11.5 Å². The van der Waals surface area contributed by atoms with Crippen molar-refractivity contribution in [2.45, 2.75) is 77.2 Å². The Bertz CT molecular complexity index is 1340. The number of ketones is 1. The van der Waals surface area contributed by atoms with Crippen LogP contribution in [0.5, 0.6) is 0 Å². The second kappa shape index (κ2) is 9.86. The van der Waals surface area contributed by atoms with Crippen LogP contribution >= 0.6 is 11.3 Å². The summed E-state index contributed by atoms with van der Waals surface area (Å²) >= 11 is 1.39. The van der Waals surface area contributed by atoms with Gasteiger partial charge in [-0.05, 0) is 36.3 Å². The van der Waals surface area contributed by atoms with Crippen molar-refractivity contribution in [3.05, 3.63) is 81.4 Å². The maximum absolute atomic E-state index is 13.5. The number of amides is 1. The third-order valence-electron chi connectivity index (χ3n) is 7.45. The van der Waals surface area contributed by atoms with E-state index in [0.29, 0.717) is 16.6 Å². The summed E-state index contributed by atoms with van der Waals surface area (Å²) in [6, 6.07) is 14.4. The fourth-order valence-electron chi connectivity index (χ4n) is 5.22. The predicted octanol–water partition coefficient (Wildman–Crippen LogP) is 6.82. The molecule has 6 nitrogen and oxygen atoms in total. The van der Waals surface area contributed by atoms with Gasteiger partial charge in [-0.3, -0.25) is 14.5 Å². The van der Waals surface area contributed by atoms with E-state index in [1.54, 1.807) is 12.1 Å². The molecule has 1 aliphatic carbocycles. The first-order chi connectivity index (χ1) is 17.6. The van der Waals surface area contributed by atoms with Crippen molar-refractivity contribution < 1.29 is 14.7 Å². The van der Waals surface area contributed by atoms with Crippen LogP contribution in [0.25, 0.3) is 5.76 Å². The maximum atomic E-state index is 13.5. The molecule has 5 rings (SSSR count). The van der Waals surface area contributed by atoms with Crippen LogP contribution < -0.4 is 4.90 Å². The molecule has 1 atom stereocenters. The SMILES string of the molecule is Cc1ccc(/C(O)=C2\C(=O)C(=O)N(c3nnc(C4CCCCC4)s3)C2c2ccc(C(C)(C)C)cc2)cc1. The van der Waals surface area contributed by atoms with Crippen LogP contribution in [0, 0.1) is 6.92 Å². The second-order valence-electron chi connectivity index (χ2n) is 11.2. The molecule has 0 radical (unpaired) electrons. The minimum absolute atomic E-state index is 0.0453. The fraction of sp³-hybridized carbons (Fsp3) is 0.400. The van der Waals surface area contributed by atoms with Gasteiger partial charge in [0.25, 0.3) is 5.78 Å². The Morgan fingerprint density at radius 3 is 2.22 bits per heavy atom. The monoisotopic (exact) mass is 515 g/mol. The lowest BCUT2D eigenvalue weighted by Gasteiger charge is -2.24. The van der Waals surface area contributed by atoms with Crippen molar-refractivity contribution >= 4 is 33.9 Å². The van der Waals surface area contributed by atoms with Gasteiger partial charge in [0.1, 0.15) is 10.8 Å². The molecule has 3 aromatic rings. The number of aromatic nitrogens is 2. The summed E-state index contributed by atoms with van der Waals surface area (Å²) in [6.07, 6.45) is 5.71. The number of carbonyl (C=O) groups excluding carboxylic acids is 2. The first-order valence-electron chi connectivity index (χ1n) is 13.0. The molecule has 2 heterocycles. The first kappa shape index (κ1) is 25.3. The summed E-state index contributed by atoms with van der Waals surface area (Å²) < 4.78 is 0. The number of aryl methyl sites for hydroxylation is 1. The molecule has 2 aliphatic rings. The largest absolute Gasteiger partial charge is 0.507 e. The van der Waals surface area contributed by atoms with E-state index in [4.69, 9.17) is 0 Å². The molecule has 7 heteroatoms. The molecule has 1 amide bonds. The molecule has 1 saturated heterocycles. The summed E-state index contributed by atoms with van der Waals surface area (Å²) in [5.41, 5.74) is 3.45. The summed E-state index contributed by atoms with van der Waals surface area (Å²) in [5, 5.41) is 21.5. The molecule has 192 valence electrons. The average molecular weight is 516 g/mol. The molecule has 1 saturated carbocycles. The van der Waals surface area contributed by atoms with Crippen molar-refractivity contribution in [1.29, 1.82) is 0 Å². The van der Waals surface area contributed by atoms with Crippen molar-refractivity contribution in [3.8, 4) is 0 Å². The number of carbonyl (C=O) groups is 2. The van der Waals surface area contributed by atoms with Gasteiger partial charge in [0.2, 0.25) is 5.13 Å². The Hall–Kier alpha value is -3.32. The highest BCUT2D eigenvalue weighted by atomic mass is 32.1. The van der Waals surface area contributed by atoms with Crippen LogP contribution in [0.3, 0.4) is 0 Å². The smallest absolute Gasteiger partial charge is 0.301 e. The number of anilines is 1. The van der Waals surface area contributed by atoms with Crippen LogP contribution in [-0.4, -0.2) is 27.0 Å². The van der Waals surface area contributed by atoms with Gasteiger partial charge in [-0.15, -0.1) is 10.2 Å². The van der Waals surface area contributed by atoms with Crippen molar-refractivity contribution in [3.63, 3.8) is 0 Å². The van der Waals surface area contributed by atoms with Crippen LogP contribution in [0.1, 0.15) is 92.1 Å². The first-order valence-corrected chi connectivity index (χ1v) is 13.8. The molecule has 2 aromatic carbocycles. The van der Waals surface area contributed by atoms with Gasteiger partial charge < -0.3 is 5.11 Å². The van der Waals surface area contributed by atoms with Crippen molar-refractivity contribution in [2.75, 3.05) is 4.90 Å². The van der Waals surface area contributed by atoms with Gasteiger partial charge in [-0.2, -0.15) is 0 Å². The van der Waals surface area contributed by atoms with E-state index in [0.717, 1.165) is 34.5 Å². The molecule has 0 spiro atoms. The number of hydrogen-bond acceptors (Lipinski definition) is 6. The lowest BCUT2D eigenvalue weighted by Crippen LogP contribution is -2.29. The third-order valence-corrected chi connectivity index (χ3v) is 8.54. The van der Waals surface area contributed by atoms with Gasteiger partial charge in [0.15, 0.2) is 0 Å². The van der Waals surface area contributed by atoms with Gasteiger partial charge in [0.05, 0.1) is 11.6 Å². The summed E-state index contributed by atoms with van der Waals surface area (Å²) in [6.45, 7) is 8.37. The molecular weight excluding hydrogens is 482 g/mol. The number of hydrogen-bond donors (Lipinski definition) is 1. The number of aliphatic hydroxyl groups excluding tert-OH is 1. The normalized spacial score (nSPS) is 20.5. The van der Waals surface area contributed by atoms with E-state index in [1.807, 2.05) is 43.3 Å². The highest BCUT2D eigenvalue weighted by Crippen LogP contribution is 2.45. The molecular formula is C30H33N3O3S. The molecule has 2 fully saturated rings. The van der Waals surface area contributed by atoms with E-state index in [9.17, 15) is 14.7 Å². The molecule has 1 aliphatic heterocycles. The zero-order valence-corrected chi connectivity index (χ0v) is 22.6.